The van der Waals surface area contributed by atoms with Crippen molar-refractivity contribution in [1.82, 2.24) is 0 Å². The topological polar surface area (TPSA) is 40.5 Å². The second-order valence-corrected chi connectivity index (χ2v) is 4.33. The quantitative estimate of drug-likeness (QED) is 0.874. The van der Waals surface area contributed by atoms with E-state index in [1.807, 2.05) is 6.07 Å². The Morgan fingerprint density at radius 1 is 1.35 bits per heavy atom. The molecule has 0 spiro atoms. The van der Waals surface area contributed by atoms with Gasteiger partial charge in [0.25, 0.3) is 0 Å². The highest BCUT2D eigenvalue weighted by Gasteiger charge is 2.18. The molecule has 0 radical (unpaired) electrons. The highest BCUT2D eigenvalue weighted by molar-refractivity contribution is 5.68. The Morgan fingerprint density at radius 2 is 2.06 bits per heavy atom. The SMILES string of the molecule is O=C(O)CCc1c(F)cccc1N1CCCC1. The highest BCUT2D eigenvalue weighted by atomic mass is 19.1. The molecule has 0 amide bonds. The molecule has 1 fully saturated rings. The fourth-order valence-corrected chi connectivity index (χ4v) is 2.28. The minimum atomic E-state index is -0.888. The van der Waals surface area contributed by atoms with E-state index < -0.39 is 5.97 Å². The average molecular weight is 237 g/mol. The Labute approximate surface area is 99.9 Å². The van der Waals surface area contributed by atoms with Crippen molar-refractivity contribution in [1.29, 1.82) is 0 Å². The van der Waals surface area contributed by atoms with Gasteiger partial charge in [-0.25, -0.2) is 4.39 Å². The van der Waals surface area contributed by atoms with Crippen LogP contribution in [0.15, 0.2) is 18.2 Å². The third kappa shape index (κ3) is 2.75. The largest absolute Gasteiger partial charge is 0.481 e. The van der Waals surface area contributed by atoms with Gasteiger partial charge in [0.1, 0.15) is 5.82 Å². The summed E-state index contributed by atoms with van der Waals surface area (Å²) in [6.45, 7) is 1.87. The van der Waals surface area contributed by atoms with Crippen molar-refractivity contribution in [2.75, 3.05) is 18.0 Å². The molecule has 17 heavy (non-hydrogen) atoms. The molecular weight excluding hydrogens is 221 g/mol. The number of hydrogen-bond donors (Lipinski definition) is 1. The number of aliphatic carboxylic acids is 1. The Morgan fingerprint density at radius 3 is 2.71 bits per heavy atom. The van der Waals surface area contributed by atoms with Crippen molar-refractivity contribution in [3.05, 3.63) is 29.6 Å². The summed E-state index contributed by atoms with van der Waals surface area (Å²) >= 11 is 0. The van der Waals surface area contributed by atoms with Crippen LogP contribution in [0.3, 0.4) is 0 Å². The first kappa shape index (κ1) is 11.9. The molecule has 0 aromatic heterocycles. The minimum absolute atomic E-state index is 0.0260. The molecule has 0 bridgehead atoms. The van der Waals surface area contributed by atoms with Crippen LogP contribution in [0.25, 0.3) is 0 Å². The van der Waals surface area contributed by atoms with E-state index >= 15 is 0 Å². The van der Waals surface area contributed by atoms with Gasteiger partial charge in [0.05, 0.1) is 0 Å². The maximum Gasteiger partial charge on any atom is 0.303 e. The number of nitrogens with zero attached hydrogens (tertiary/aromatic N) is 1. The van der Waals surface area contributed by atoms with Gasteiger partial charge < -0.3 is 10.0 Å². The van der Waals surface area contributed by atoms with E-state index in [0.717, 1.165) is 31.6 Å². The number of carboxylic acid groups (broad SMARTS) is 1. The monoisotopic (exact) mass is 237 g/mol. The molecular formula is C13H16FNO2. The van der Waals surface area contributed by atoms with Crippen molar-refractivity contribution in [2.45, 2.75) is 25.7 Å². The molecule has 0 saturated carbocycles. The van der Waals surface area contributed by atoms with Gasteiger partial charge in [0.15, 0.2) is 0 Å². The number of benzene rings is 1. The number of carbonyl (C=O) groups is 1. The Balaban J connectivity index is 2.23. The molecule has 1 saturated heterocycles. The lowest BCUT2D eigenvalue weighted by atomic mass is 10.1. The predicted octanol–water partition coefficient (Wildman–Crippen LogP) is 2.44. The molecule has 1 aliphatic heterocycles. The van der Waals surface area contributed by atoms with Crippen LogP contribution in [0.2, 0.25) is 0 Å². The molecule has 1 aliphatic rings. The van der Waals surface area contributed by atoms with Gasteiger partial charge in [-0.3, -0.25) is 4.79 Å². The highest BCUT2D eigenvalue weighted by Crippen LogP contribution is 2.27. The summed E-state index contributed by atoms with van der Waals surface area (Å²) in [4.78, 5) is 12.7. The molecule has 1 aromatic carbocycles. The van der Waals surface area contributed by atoms with Crippen molar-refractivity contribution in [2.24, 2.45) is 0 Å². The standard InChI is InChI=1S/C13H16FNO2/c14-11-4-3-5-12(15-8-1-2-9-15)10(11)6-7-13(16)17/h3-5H,1-2,6-9H2,(H,16,17). The molecule has 0 unspecified atom stereocenters. The fourth-order valence-electron chi connectivity index (χ4n) is 2.28. The third-order valence-electron chi connectivity index (χ3n) is 3.13. The first-order valence-electron chi connectivity index (χ1n) is 5.92. The summed E-state index contributed by atoms with van der Waals surface area (Å²) in [6, 6.07) is 4.97. The van der Waals surface area contributed by atoms with E-state index in [0.29, 0.717) is 5.56 Å². The minimum Gasteiger partial charge on any atom is -0.481 e. The van der Waals surface area contributed by atoms with Gasteiger partial charge in [-0.05, 0) is 31.4 Å². The summed E-state index contributed by atoms with van der Waals surface area (Å²) in [5, 5.41) is 8.69. The van der Waals surface area contributed by atoms with Crippen LogP contribution < -0.4 is 4.90 Å². The van der Waals surface area contributed by atoms with E-state index in [4.69, 9.17) is 5.11 Å². The van der Waals surface area contributed by atoms with E-state index in [9.17, 15) is 9.18 Å². The third-order valence-corrected chi connectivity index (χ3v) is 3.13. The van der Waals surface area contributed by atoms with Gasteiger partial charge in [0, 0.05) is 30.8 Å². The lowest BCUT2D eigenvalue weighted by Crippen LogP contribution is -2.20. The molecule has 2 rings (SSSR count). The second kappa shape index (κ2) is 5.17. The molecule has 4 heteroatoms. The van der Waals surface area contributed by atoms with Crippen LogP contribution in [0.1, 0.15) is 24.8 Å². The molecule has 1 heterocycles. The van der Waals surface area contributed by atoms with Crippen LogP contribution in [-0.4, -0.2) is 24.2 Å². The van der Waals surface area contributed by atoms with Crippen molar-refractivity contribution >= 4 is 11.7 Å². The summed E-state index contributed by atoms with van der Waals surface area (Å²) in [7, 11) is 0. The number of anilines is 1. The van der Waals surface area contributed by atoms with Crippen LogP contribution in [0.4, 0.5) is 10.1 Å². The van der Waals surface area contributed by atoms with E-state index in [1.54, 1.807) is 6.07 Å². The van der Waals surface area contributed by atoms with Crippen molar-refractivity contribution in [3.8, 4) is 0 Å². The zero-order valence-electron chi connectivity index (χ0n) is 9.66. The van der Waals surface area contributed by atoms with Gasteiger partial charge in [-0.2, -0.15) is 0 Å². The maximum atomic E-state index is 13.7. The summed E-state index contributed by atoms with van der Waals surface area (Å²) < 4.78 is 13.7. The van der Waals surface area contributed by atoms with Crippen LogP contribution in [0, 0.1) is 5.82 Å². The van der Waals surface area contributed by atoms with Crippen LogP contribution in [0.5, 0.6) is 0 Å². The van der Waals surface area contributed by atoms with E-state index in [2.05, 4.69) is 4.90 Å². The molecule has 0 atom stereocenters. The first-order chi connectivity index (χ1) is 8.18. The predicted molar refractivity (Wildman–Crippen MR) is 63.8 cm³/mol. The Bertz CT molecular complexity index is 414. The van der Waals surface area contributed by atoms with Gasteiger partial charge in [0.2, 0.25) is 0 Å². The Kier molecular flexibility index (Phi) is 3.61. The van der Waals surface area contributed by atoms with E-state index in [-0.39, 0.29) is 18.7 Å². The first-order valence-corrected chi connectivity index (χ1v) is 5.92. The van der Waals surface area contributed by atoms with Gasteiger partial charge >= 0.3 is 5.97 Å². The smallest absolute Gasteiger partial charge is 0.303 e. The van der Waals surface area contributed by atoms with Gasteiger partial charge in [-0.15, -0.1) is 0 Å². The zero-order chi connectivity index (χ0) is 12.3. The molecule has 0 aliphatic carbocycles. The normalized spacial score (nSPS) is 15.2. The lowest BCUT2D eigenvalue weighted by Gasteiger charge is -2.21. The second-order valence-electron chi connectivity index (χ2n) is 4.33. The van der Waals surface area contributed by atoms with Gasteiger partial charge in [-0.1, -0.05) is 6.07 Å². The lowest BCUT2D eigenvalue weighted by molar-refractivity contribution is -0.136. The molecule has 1 aromatic rings. The Hall–Kier alpha value is -1.58. The fraction of sp³-hybridized carbons (Fsp3) is 0.462. The zero-order valence-corrected chi connectivity index (χ0v) is 9.66. The van der Waals surface area contributed by atoms with Crippen molar-refractivity contribution < 1.29 is 14.3 Å². The van der Waals surface area contributed by atoms with E-state index in [1.165, 1.54) is 6.07 Å². The number of halogens is 1. The average Bonchev–Trinajstić information content (AvgIpc) is 2.80. The number of rotatable bonds is 4. The van der Waals surface area contributed by atoms with Crippen LogP contribution >= 0.6 is 0 Å². The van der Waals surface area contributed by atoms with Crippen LogP contribution in [-0.2, 0) is 11.2 Å². The summed E-state index contributed by atoms with van der Waals surface area (Å²) in [5.74, 6) is -1.18. The molecule has 92 valence electrons. The van der Waals surface area contributed by atoms with Crippen molar-refractivity contribution in [3.63, 3.8) is 0 Å². The number of hydrogen-bond acceptors (Lipinski definition) is 2. The number of carboxylic acids is 1. The summed E-state index contributed by atoms with van der Waals surface area (Å²) in [5.41, 5.74) is 1.40. The maximum absolute atomic E-state index is 13.7. The summed E-state index contributed by atoms with van der Waals surface area (Å²) in [6.07, 6.45) is 2.47. The molecule has 3 nitrogen and oxygen atoms in total. The molecule has 1 N–H and O–H groups in total.